The summed E-state index contributed by atoms with van der Waals surface area (Å²) < 4.78 is 5.25. The van der Waals surface area contributed by atoms with Gasteiger partial charge in [0.25, 0.3) is 0 Å². The predicted molar refractivity (Wildman–Crippen MR) is 62.6 cm³/mol. The third-order valence-corrected chi connectivity index (χ3v) is 3.29. The number of hydrogen-bond acceptors (Lipinski definition) is 3. The van der Waals surface area contributed by atoms with Crippen LogP contribution < -0.4 is 0 Å². The Morgan fingerprint density at radius 3 is 2.35 bits per heavy atom. The zero-order valence-corrected chi connectivity index (χ0v) is 10.7. The van der Waals surface area contributed by atoms with Crippen LogP contribution in [0.2, 0.25) is 0 Å². The van der Waals surface area contributed by atoms with Crippen LogP contribution in [0.5, 0.6) is 0 Å². The normalized spacial score (nSPS) is 17.8. The average molecular weight is 243 g/mol. The highest BCUT2D eigenvalue weighted by Crippen LogP contribution is 2.21. The Balaban J connectivity index is 2.54. The van der Waals surface area contributed by atoms with Gasteiger partial charge in [0.2, 0.25) is 5.91 Å². The molecule has 1 saturated heterocycles. The largest absolute Gasteiger partial charge is 0.480 e. The van der Waals surface area contributed by atoms with Gasteiger partial charge >= 0.3 is 5.97 Å². The molecule has 0 unspecified atom stereocenters. The van der Waals surface area contributed by atoms with Crippen LogP contribution in [0.3, 0.4) is 0 Å². The molecule has 0 aliphatic carbocycles. The van der Waals surface area contributed by atoms with E-state index in [9.17, 15) is 9.59 Å². The molecule has 1 heterocycles. The molecule has 0 bridgehead atoms. The lowest BCUT2D eigenvalue weighted by Crippen LogP contribution is -2.45. The Labute approximate surface area is 102 Å². The topological polar surface area (TPSA) is 66.8 Å². The zero-order valence-electron chi connectivity index (χ0n) is 10.7. The molecule has 0 aromatic carbocycles. The lowest BCUT2D eigenvalue weighted by molar-refractivity contribution is -0.158. The molecule has 5 nitrogen and oxygen atoms in total. The number of carbonyl (C=O) groups excluding carboxylic acids is 1. The summed E-state index contributed by atoms with van der Waals surface area (Å²) in [5.74, 6) is -1.000. The number of carbonyl (C=O) groups is 2. The number of nitrogens with zero attached hydrogens (tertiary/aromatic N) is 1. The van der Waals surface area contributed by atoms with Gasteiger partial charge in [-0.1, -0.05) is 0 Å². The Kier molecular flexibility index (Phi) is 4.51. The Bertz CT molecular complexity index is 295. The number of rotatable bonds is 4. The van der Waals surface area contributed by atoms with E-state index in [0.29, 0.717) is 12.5 Å². The number of aliphatic carboxylic acids is 1. The van der Waals surface area contributed by atoms with Gasteiger partial charge in [0.15, 0.2) is 0 Å². The van der Waals surface area contributed by atoms with Crippen LogP contribution in [0.1, 0.15) is 26.7 Å². The highest BCUT2D eigenvalue weighted by molar-refractivity contribution is 6.00. The molecule has 1 N–H and O–H groups in total. The van der Waals surface area contributed by atoms with Crippen molar-refractivity contribution in [2.45, 2.75) is 26.7 Å². The molecule has 1 aliphatic rings. The smallest absolute Gasteiger partial charge is 0.318 e. The van der Waals surface area contributed by atoms with Crippen molar-refractivity contribution in [3.8, 4) is 0 Å². The van der Waals surface area contributed by atoms with Crippen molar-refractivity contribution in [3.05, 3.63) is 0 Å². The summed E-state index contributed by atoms with van der Waals surface area (Å²) in [5, 5.41) is 9.00. The summed E-state index contributed by atoms with van der Waals surface area (Å²) in [6, 6.07) is 0. The van der Waals surface area contributed by atoms with Gasteiger partial charge in [0.1, 0.15) is 5.41 Å². The molecule has 1 aliphatic heterocycles. The van der Waals surface area contributed by atoms with E-state index in [1.165, 1.54) is 18.7 Å². The highest BCUT2D eigenvalue weighted by atomic mass is 16.5. The first-order valence-corrected chi connectivity index (χ1v) is 5.92. The fourth-order valence-electron chi connectivity index (χ4n) is 1.97. The Hall–Kier alpha value is -1.10. The molecule has 1 fully saturated rings. The molecule has 0 atom stereocenters. The maximum Gasteiger partial charge on any atom is 0.318 e. The molecule has 1 amide bonds. The van der Waals surface area contributed by atoms with E-state index in [-0.39, 0.29) is 5.91 Å². The fourth-order valence-corrected chi connectivity index (χ4v) is 1.97. The van der Waals surface area contributed by atoms with Crippen molar-refractivity contribution in [1.82, 2.24) is 4.90 Å². The molecule has 0 radical (unpaired) electrons. The molecule has 1 rings (SSSR count). The molecule has 98 valence electrons. The molecule has 5 heteroatoms. The second-order valence-corrected chi connectivity index (χ2v) is 5.17. The number of ether oxygens (including phenoxy) is 1. The van der Waals surface area contributed by atoms with Crippen molar-refractivity contribution in [1.29, 1.82) is 0 Å². The van der Waals surface area contributed by atoms with Crippen molar-refractivity contribution >= 4 is 11.9 Å². The average Bonchev–Trinajstić information content (AvgIpc) is 2.29. The number of carboxylic acid groups (broad SMARTS) is 1. The van der Waals surface area contributed by atoms with Gasteiger partial charge in [0, 0.05) is 26.8 Å². The molecule has 17 heavy (non-hydrogen) atoms. The van der Waals surface area contributed by atoms with E-state index in [1.54, 1.807) is 7.05 Å². The first-order chi connectivity index (χ1) is 7.85. The molecule has 0 aromatic heterocycles. The van der Waals surface area contributed by atoms with Crippen LogP contribution >= 0.6 is 0 Å². The quantitative estimate of drug-likeness (QED) is 0.747. The van der Waals surface area contributed by atoms with Crippen molar-refractivity contribution in [2.75, 3.05) is 26.8 Å². The number of amides is 1. The Morgan fingerprint density at radius 2 is 1.88 bits per heavy atom. The van der Waals surface area contributed by atoms with E-state index in [1.807, 2.05) is 0 Å². The Morgan fingerprint density at radius 1 is 1.35 bits per heavy atom. The molecule has 0 aromatic rings. The van der Waals surface area contributed by atoms with Crippen molar-refractivity contribution < 1.29 is 19.4 Å². The third-order valence-electron chi connectivity index (χ3n) is 3.29. The van der Waals surface area contributed by atoms with Gasteiger partial charge in [-0.05, 0) is 32.6 Å². The van der Waals surface area contributed by atoms with Crippen LogP contribution in [0.4, 0.5) is 0 Å². The van der Waals surface area contributed by atoms with Gasteiger partial charge in [-0.2, -0.15) is 0 Å². The maximum atomic E-state index is 12.0. The monoisotopic (exact) mass is 243 g/mol. The van der Waals surface area contributed by atoms with Crippen LogP contribution in [-0.2, 0) is 14.3 Å². The maximum absolute atomic E-state index is 12.0. The first-order valence-electron chi connectivity index (χ1n) is 5.92. The summed E-state index contributed by atoms with van der Waals surface area (Å²) >= 11 is 0. The molecular formula is C12H21NO4. The van der Waals surface area contributed by atoms with E-state index >= 15 is 0 Å². The van der Waals surface area contributed by atoms with Gasteiger partial charge in [-0.25, -0.2) is 0 Å². The predicted octanol–water partition coefficient (Wildman–Crippen LogP) is 0.982. The molecular weight excluding hydrogens is 222 g/mol. The minimum absolute atomic E-state index is 0.337. The first kappa shape index (κ1) is 14.0. The summed E-state index contributed by atoms with van der Waals surface area (Å²) in [6.45, 7) is 4.96. The van der Waals surface area contributed by atoms with E-state index < -0.39 is 11.4 Å². The number of carboxylic acids is 1. The van der Waals surface area contributed by atoms with Crippen LogP contribution in [0, 0.1) is 11.3 Å². The van der Waals surface area contributed by atoms with Crippen LogP contribution in [-0.4, -0.2) is 48.7 Å². The fraction of sp³-hybridized carbons (Fsp3) is 0.833. The van der Waals surface area contributed by atoms with Gasteiger partial charge in [-0.3, -0.25) is 9.59 Å². The zero-order chi connectivity index (χ0) is 13.1. The molecule has 0 saturated carbocycles. The minimum Gasteiger partial charge on any atom is -0.480 e. The second kappa shape index (κ2) is 5.49. The van der Waals surface area contributed by atoms with Crippen molar-refractivity contribution in [2.24, 2.45) is 11.3 Å². The summed E-state index contributed by atoms with van der Waals surface area (Å²) in [5.41, 5.74) is -1.35. The summed E-state index contributed by atoms with van der Waals surface area (Å²) in [7, 11) is 1.67. The summed E-state index contributed by atoms with van der Waals surface area (Å²) in [4.78, 5) is 24.5. The lowest BCUT2D eigenvalue weighted by Gasteiger charge is -2.30. The summed E-state index contributed by atoms with van der Waals surface area (Å²) in [6.07, 6.45) is 1.87. The minimum atomic E-state index is -1.35. The number of hydrogen-bond donors (Lipinski definition) is 1. The van der Waals surface area contributed by atoms with Crippen molar-refractivity contribution in [3.63, 3.8) is 0 Å². The standard InChI is InChI=1S/C12H21NO4/c1-12(2,11(15)16)10(14)13(3)8-9-4-6-17-7-5-9/h9H,4-8H2,1-3H3,(H,15,16). The van der Waals surface area contributed by atoms with Gasteiger partial charge < -0.3 is 14.7 Å². The lowest BCUT2D eigenvalue weighted by atomic mass is 9.91. The van der Waals surface area contributed by atoms with E-state index in [0.717, 1.165) is 26.1 Å². The van der Waals surface area contributed by atoms with E-state index in [2.05, 4.69) is 0 Å². The van der Waals surface area contributed by atoms with Crippen LogP contribution in [0.25, 0.3) is 0 Å². The third kappa shape index (κ3) is 3.43. The second-order valence-electron chi connectivity index (χ2n) is 5.17. The van der Waals surface area contributed by atoms with Gasteiger partial charge in [0.05, 0.1) is 0 Å². The SMILES string of the molecule is CN(CC1CCOCC1)C(=O)C(C)(C)C(=O)O. The van der Waals surface area contributed by atoms with Crippen LogP contribution in [0.15, 0.2) is 0 Å². The van der Waals surface area contributed by atoms with Gasteiger partial charge in [-0.15, -0.1) is 0 Å². The van der Waals surface area contributed by atoms with E-state index in [4.69, 9.17) is 9.84 Å². The highest BCUT2D eigenvalue weighted by Gasteiger charge is 2.38. The molecule has 0 spiro atoms.